The highest BCUT2D eigenvalue weighted by Gasteiger charge is 2.32. The van der Waals surface area contributed by atoms with Crippen LogP contribution in [0.3, 0.4) is 0 Å². The predicted octanol–water partition coefficient (Wildman–Crippen LogP) is 5.49. The lowest BCUT2D eigenvalue weighted by molar-refractivity contribution is -0.140. The summed E-state index contributed by atoms with van der Waals surface area (Å²) in [6.45, 7) is 6.14. The molecule has 1 unspecified atom stereocenters. The molecule has 3 aromatic carbocycles. The molecule has 4 nitrogen and oxygen atoms in total. The molecule has 1 atom stereocenters. The summed E-state index contributed by atoms with van der Waals surface area (Å²) in [6.07, 6.45) is 0.336. The van der Waals surface area contributed by atoms with E-state index >= 15 is 0 Å². The van der Waals surface area contributed by atoms with Crippen LogP contribution in [0.1, 0.15) is 43.9 Å². The molecule has 0 radical (unpaired) electrons. The Morgan fingerprint density at radius 2 is 1.45 bits per heavy atom. The van der Waals surface area contributed by atoms with E-state index in [0.29, 0.717) is 18.7 Å². The van der Waals surface area contributed by atoms with E-state index in [9.17, 15) is 9.59 Å². The Labute approximate surface area is 196 Å². The lowest BCUT2D eigenvalue weighted by atomic mass is 9.99. The van der Waals surface area contributed by atoms with E-state index in [4.69, 9.17) is 0 Å². The zero-order chi connectivity index (χ0) is 23.6. The topological polar surface area (TPSA) is 49.4 Å². The number of hydrogen-bond donors (Lipinski definition) is 1. The zero-order valence-corrected chi connectivity index (χ0v) is 19.4. The molecule has 4 heteroatoms. The van der Waals surface area contributed by atoms with E-state index in [1.54, 1.807) is 4.90 Å². The fourth-order valence-corrected chi connectivity index (χ4v) is 3.70. The van der Waals surface area contributed by atoms with Gasteiger partial charge in [-0.05, 0) is 35.7 Å². The Kier molecular flexibility index (Phi) is 8.43. The van der Waals surface area contributed by atoms with Gasteiger partial charge in [0.05, 0.1) is 5.69 Å². The number of nitrogens with zero attached hydrogens (tertiary/aromatic N) is 1. The maximum absolute atomic E-state index is 13.5. The molecule has 0 saturated heterocycles. The highest BCUT2D eigenvalue weighted by Crippen LogP contribution is 2.21. The van der Waals surface area contributed by atoms with Crippen molar-refractivity contribution in [1.82, 2.24) is 4.90 Å². The maximum atomic E-state index is 13.5. The average molecular weight is 439 g/mol. The zero-order valence-electron chi connectivity index (χ0n) is 19.4. The van der Waals surface area contributed by atoms with Crippen LogP contribution in [0.2, 0.25) is 0 Å². The van der Waals surface area contributed by atoms with E-state index in [2.05, 4.69) is 17.2 Å². The van der Waals surface area contributed by atoms with Crippen molar-refractivity contribution in [3.05, 3.63) is 102 Å². The monoisotopic (exact) mass is 438 g/mol. The molecule has 1 N–H and O–H groups in total. The third-order valence-electron chi connectivity index (χ3n) is 5.35. The van der Waals surface area contributed by atoms with Crippen molar-refractivity contribution in [3.8, 4) is 11.8 Å². The molecule has 33 heavy (non-hydrogen) atoms. The van der Waals surface area contributed by atoms with Crippen LogP contribution in [0.15, 0.2) is 84.9 Å². The second kappa shape index (κ2) is 11.7. The minimum absolute atomic E-state index is 0.0511. The molecule has 0 aromatic heterocycles. The Hall–Kier alpha value is -3.84. The summed E-state index contributed by atoms with van der Waals surface area (Å²) in [7, 11) is 0. The van der Waals surface area contributed by atoms with Crippen molar-refractivity contribution in [3.63, 3.8) is 0 Å². The molecule has 3 aromatic rings. The van der Waals surface area contributed by atoms with Crippen LogP contribution in [0.25, 0.3) is 0 Å². The van der Waals surface area contributed by atoms with Gasteiger partial charge < -0.3 is 10.2 Å². The lowest BCUT2D eigenvalue weighted by Gasteiger charge is -2.33. The van der Waals surface area contributed by atoms with Crippen LogP contribution < -0.4 is 5.32 Å². The molecule has 0 aliphatic rings. The third-order valence-corrected chi connectivity index (χ3v) is 5.35. The first-order valence-electron chi connectivity index (χ1n) is 11.3. The molecule has 3 rings (SSSR count). The molecule has 2 amide bonds. The molecular weight excluding hydrogens is 408 g/mol. The van der Waals surface area contributed by atoms with E-state index in [1.165, 1.54) is 0 Å². The largest absolute Gasteiger partial charge is 0.326 e. The standard InChI is InChI=1S/C29H30N2O2/c1-4-27(32)31(21-24-15-9-6-10-16-24)28(22(2)3)29(33)30-26-18-12-11-17-25(26)20-19-23-13-7-5-8-14-23/h5-18,22,28H,4,21H2,1-3H3,(H,30,33). The van der Waals surface area contributed by atoms with Gasteiger partial charge in [-0.3, -0.25) is 9.59 Å². The first-order chi connectivity index (χ1) is 16.0. The van der Waals surface area contributed by atoms with Crippen LogP contribution in [0.5, 0.6) is 0 Å². The molecule has 0 aliphatic carbocycles. The van der Waals surface area contributed by atoms with Crippen molar-refractivity contribution in [2.45, 2.75) is 39.8 Å². The van der Waals surface area contributed by atoms with Gasteiger partial charge >= 0.3 is 0 Å². The quantitative estimate of drug-likeness (QED) is 0.496. The van der Waals surface area contributed by atoms with Crippen molar-refractivity contribution in [2.24, 2.45) is 5.92 Å². The van der Waals surface area contributed by atoms with E-state index < -0.39 is 6.04 Å². The summed E-state index contributed by atoms with van der Waals surface area (Å²) in [4.78, 5) is 28.0. The van der Waals surface area contributed by atoms with Gasteiger partial charge in [-0.25, -0.2) is 0 Å². The maximum Gasteiger partial charge on any atom is 0.247 e. The SMILES string of the molecule is CCC(=O)N(Cc1ccccc1)C(C(=O)Nc1ccccc1C#Cc1ccccc1)C(C)C. The number of benzene rings is 3. The van der Waals surface area contributed by atoms with Gasteiger partial charge in [0.1, 0.15) is 6.04 Å². The summed E-state index contributed by atoms with van der Waals surface area (Å²) in [5.74, 6) is 5.98. The number of nitrogens with one attached hydrogen (secondary N) is 1. The summed E-state index contributed by atoms with van der Waals surface area (Å²) in [5, 5.41) is 3.04. The van der Waals surface area contributed by atoms with Crippen LogP contribution in [0.4, 0.5) is 5.69 Å². The number of rotatable bonds is 7. The number of anilines is 1. The van der Waals surface area contributed by atoms with E-state index in [-0.39, 0.29) is 17.7 Å². The Bertz CT molecular complexity index is 1130. The second-order valence-electron chi connectivity index (χ2n) is 8.20. The molecule has 0 aliphatic heterocycles. The Morgan fingerprint density at radius 1 is 0.848 bits per heavy atom. The average Bonchev–Trinajstić information content (AvgIpc) is 2.83. The highest BCUT2D eigenvalue weighted by molar-refractivity contribution is 5.98. The van der Waals surface area contributed by atoms with Crippen LogP contribution >= 0.6 is 0 Å². The van der Waals surface area contributed by atoms with E-state index in [1.807, 2.05) is 106 Å². The molecule has 0 spiro atoms. The molecular formula is C29H30N2O2. The van der Waals surface area contributed by atoms with Gasteiger partial charge in [-0.2, -0.15) is 0 Å². The van der Waals surface area contributed by atoms with Gasteiger partial charge in [-0.1, -0.05) is 93.3 Å². The van der Waals surface area contributed by atoms with Crippen molar-refractivity contribution in [2.75, 3.05) is 5.32 Å². The molecule has 0 saturated carbocycles. The smallest absolute Gasteiger partial charge is 0.247 e. The number of carbonyl (C=O) groups excluding carboxylic acids is 2. The molecule has 0 heterocycles. The van der Waals surface area contributed by atoms with Gasteiger partial charge in [0.15, 0.2) is 0 Å². The Balaban J connectivity index is 1.87. The Morgan fingerprint density at radius 3 is 2.09 bits per heavy atom. The first-order valence-corrected chi connectivity index (χ1v) is 11.3. The third kappa shape index (κ3) is 6.57. The van der Waals surface area contributed by atoms with Crippen LogP contribution in [-0.4, -0.2) is 22.8 Å². The second-order valence-corrected chi connectivity index (χ2v) is 8.20. The predicted molar refractivity (Wildman–Crippen MR) is 133 cm³/mol. The summed E-state index contributed by atoms with van der Waals surface area (Å²) < 4.78 is 0. The number of para-hydroxylation sites is 1. The van der Waals surface area contributed by atoms with Crippen molar-refractivity contribution < 1.29 is 9.59 Å². The number of hydrogen-bond acceptors (Lipinski definition) is 2. The molecule has 0 fully saturated rings. The van der Waals surface area contributed by atoms with E-state index in [0.717, 1.165) is 16.7 Å². The molecule has 0 bridgehead atoms. The first kappa shape index (κ1) is 23.8. The van der Waals surface area contributed by atoms with Crippen LogP contribution in [-0.2, 0) is 16.1 Å². The molecule has 168 valence electrons. The summed E-state index contributed by atoms with van der Waals surface area (Å²) >= 11 is 0. The van der Waals surface area contributed by atoms with Crippen LogP contribution in [0, 0.1) is 17.8 Å². The lowest BCUT2D eigenvalue weighted by Crippen LogP contribution is -2.49. The van der Waals surface area contributed by atoms with Gasteiger partial charge in [0.25, 0.3) is 0 Å². The van der Waals surface area contributed by atoms with Gasteiger partial charge in [-0.15, -0.1) is 0 Å². The number of amides is 2. The van der Waals surface area contributed by atoms with Gasteiger partial charge in [0.2, 0.25) is 11.8 Å². The summed E-state index contributed by atoms with van der Waals surface area (Å²) in [5.41, 5.74) is 3.27. The minimum atomic E-state index is -0.604. The minimum Gasteiger partial charge on any atom is -0.326 e. The fraction of sp³-hybridized carbons (Fsp3) is 0.241. The summed E-state index contributed by atoms with van der Waals surface area (Å²) in [6, 6.07) is 26.4. The normalized spacial score (nSPS) is 11.3. The number of carbonyl (C=O) groups is 2. The van der Waals surface area contributed by atoms with Crippen molar-refractivity contribution in [1.29, 1.82) is 0 Å². The van der Waals surface area contributed by atoms with Gasteiger partial charge in [0, 0.05) is 24.1 Å². The van der Waals surface area contributed by atoms with Crippen molar-refractivity contribution >= 4 is 17.5 Å². The fourth-order valence-electron chi connectivity index (χ4n) is 3.70. The highest BCUT2D eigenvalue weighted by atomic mass is 16.2.